The molecule has 1 fully saturated rings. The second-order valence-electron chi connectivity index (χ2n) is 8.15. The molecule has 1 heterocycles. The maximum absolute atomic E-state index is 12.3. The largest absolute Gasteiger partial charge is 0.355 e. The molecule has 138 valence electrons. The van der Waals surface area contributed by atoms with Crippen LogP contribution >= 0.6 is 0 Å². The summed E-state index contributed by atoms with van der Waals surface area (Å²) in [6.45, 7) is 11.5. The van der Waals surface area contributed by atoms with Crippen LogP contribution in [0, 0.1) is 0 Å². The fourth-order valence-corrected chi connectivity index (χ4v) is 3.19. The van der Waals surface area contributed by atoms with Crippen LogP contribution in [0.2, 0.25) is 0 Å². The Morgan fingerprint density at radius 3 is 2.24 bits per heavy atom. The molecule has 1 N–H and O–H groups in total. The highest BCUT2D eigenvalue weighted by Crippen LogP contribution is 2.22. The molecule has 1 aliphatic rings. The molecule has 25 heavy (non-hydrogen) atoms. The molecule has 0 aliphatic carbocycles. The standard InChI is InChI=1S/C21H32N2O2/c1-16(23-13-5-6-14-23)15-22-20(25)12-11-19(24)17-7-9-18(10-8-17)21(2,3)4/h7-10,16H,5-6,11-15H2,1-4H3,(H,22,25). The van der Waals surface area contributed by atoms with Crippen molar-refractivity contribution in [2.45, 2.75) is 64.8 Å². The van der Waals surface area contributed by atoms with E-state index >= 15 is 0 Å². The summed E-state index contributed by atoms with van der Waals surface area (Å²) in [7, 11) is 0. The molecule has 0 aromatic heterocycles. The van der Waals surface area contributed by atoms with E-state index in [9.17, 15) is 9.59 Å². The number of likely N-dealkylation sites (tertiary alicyclic amines) is 1. The Morgan fingerprint density at radius 1 is 1.08 bits per heavy atom. The molecule has 0 saturated carbocycles. The van der Waals surface area contributed by atoms with Gasteiger partial charge in [-0.15, -0.1) is 0 Å². The van der Waals surface area contributed by atoms with Crippen LogP contribution in [-0.2, 0) is 10.2 Å². The van der Waals surface area contributed by atoms with Gasteiger partial charge in [0.25, 0.3) is 0 Å². The van der Waals surface area contributed by atoms with Crippen molar-refractivity contribution in [3.63, 3.8) is 0 Å². The van der Waals surface area contributed by atoms with Crippen molar-refractivity contribution in [1.29, 1.82) is 0 Å². The Kier molecular flexibility index (Phi) is 6.77. The van der Waals surface area contributed by atoms with Gasteiger partial charge in [-0.05, 0) is 43.8 Å². The normalized spacial score (nSPS) is 16.6. The SMILES string of the molecule is CC(CNC(=O)CCC(=O)c1ccc(C(C)(C)C)cc1)N1CCCC1. The first-order chi connectivity index (χ1) is 11.8. The van der Waals surface area contributed by atoms with Crippen LogP contribution in [0.15, 0.2) is 24.3 Å². The maximum atomic E-state index is 12.3. The molecule has 1 aromatic carbocycles. The predicted octanol–water partition coefficient (Wildman–Crippen LogP) is 3.55. The van der Waals surface area contributed by atoms with E-state index in [0.29, 0.717) is 18.2 Å². The highest BCUT2D eigenvalue weighted by Gasteiger charge is 2.19. The van der Waals surface area contributed by atoms with Crippen LogP contribution < -0.4 is 5.32 Å². The number of hydrogen-bond donors (Lipinski definition) is 1. The number of amides is 1. The Labute approximate surface area is 152 Å². The second kappa shape index (κ2) is 8.61. The van der Waals surface area contributed by atoms with Gasteiger partial charge < -0.3 is 5.32 Å². The molecular weight excluding hydrogens is 312 g/mol. The number of nitrogens with one attached hydrogen (secondary N) is 1. The lowest BCUT2D eigenvalue weighted by molar-refractivity contribution is -0.121. The Hall–Kier alpha value is -1.68. The van der Waals surface area contributed by atoms with Crippen LogP contribution in [0.4, 0.5) is 0 Å². The van der Waals surface area contributed by atoms with Crippen molar-refractivity contribution in [3.05, 3.63) is 35.4 Å². The third-order valence-corrected chi connectivity index (χ3v) is 5.01. The summed E-state index contributed by atoms with van der Waals surface area (Å²) < 4.78 is 0. The van der Waals surface area contributed by atoms with Gasteiger partial charge in [-0.3, -0.25) is 14.5 Å². The number of rotatable bonds is 7. The van der Waals surface area contributed by atoms with Gasteiger partial charge in [0.15, 0.2) is 5.78 Å². The molecule has 1 unspecified atom stereocenters. The molecule has 1 aliphatic heterocycles. The smallest absolute Gasteiger partial charge is 0.220 e. The predicted molar refractivity (Wildman–Crippen MR) is 102 cm³/mol. The highest BCUT2D eigenvalue weighted by atomic mass is 16.2. The van der Waals surface area contributed by atoms with E-state index in [4.69, 9.17) is 0 Å². The first kappa shape index (κ1) is 19.6. The molecule has 1 aromatic rings. The summed E-state index contributed by atoms with van der Waals surface area (Å²) in [6.07, 6.45) is 3.02. The molecule has 0 radical (unpaired) electrons. The molecule has 4 nitrogen and oxygen atoms in total. The zero-order chi connectivity index (χ0) is 18.4. The molecule has 1 saturated heterocycles. The summed E-state index contributed by atoms with van der Waals surface area (Å²) in [6, 6.07) is 8.12. The van der Waals surface area contributed by atoms with Gasteiger partial charge in [0, 0.05) is 31.0 Å². The minimum Gasteiger partial charge on any atom is -0.355 e. The fourth-order valence-electron chi connectivity index (χ4n) is 3.19. The first-order valence-corrected chi connectivity index (χ1v) is 9.42. The average Bonchev–Trinajstić information content (AvgIpc) is 3.11. The third-order valence-electron chi connectivity index (χ3n) is 5.01. The zero-order valence-corrected chi connectivity index (χ0v) is 16.1. The minimum absolute atomic E-state index is 0.0307. The van der Waals surface area contributed by atoms with Crippen molar-refractivity contribution in [2.24, 2.45) is 0 Å². The Bertz CT molecular complexity index is 581. The van der Waals surface area contributed by atoms with E-state index in [1.54, 1.807) is 0 Å². The monoisotopic (exact) mass is 344 g/mol. The molecule has 1 atom stereocenters. The summed E-state index contributed by atoms with van der Waals surface area (Å²) in [5, 5.41) is 2.96. The summed E-state index contributed by atoms with van der Waals surface area (Å²) in [5.74, 6) is -0.00564. The van der Waals surface area contributed by atoms with Crippen LogP contribution in [0.3, 0.4) is 0 Å². The van der Waals surface area contributed by atoms with E-state index in [-0.39, 0.29) is 29.9 Å². The number of ketones is 1. The van der Waals surface area contributed by atoms with Gasteiger partial charge in [0.1, 0.15) is 0 Å². The highest BCUT2D eigenvalue weighted by molar-refractivity contribution is 5.98. The van der Waals surface area contributed by atoms with E-state index < -0.39 is 0 Å². The summed E-state index contributed by atoms with van der Waals surface area (Å²) in [5.41, 5.74) is 1.97. The fraction of sp³-hybridized carbons (Fsp3) is 0.619. The van der Waals surface area contributed by atoms with Gasteiger partial charge in [-0.25, -0.2) is 0 Å². The molecule has 4 heteroatoms. The second-order valence-corrected chi connectivity index (χ2v) is 8.15. The molecule has 0 bridgehead atoms. The number of carbonyl (C=O) groups excluding carboxylic acids is 2. The van der Waals surface area contributed by atoms with Crippen LogP contribution in [0.25, 0.3) is 0 Å². The van der Waals surface area contributed by atoms with Crippen LogP contribution in [0.1, 0.15) is 69.3 Å². The Balaban J connectivity index is 1.74. The van der Waals surface area contributed by atoms with Crippen molar-refractivity contribution >= 4 is 11.7 Å². The molecular formula is C21H32N2O2. The van der Waals surface area contributed by atoms with Gasteiger partial charge >= 0.3 is 0 Å². The Morgan fingerprint density at radius 2 is 1.68 bits per heavy atom. The van der Waals surface area contributed by atoms with Crippen molar-refractivity contribution in [3.8, 4) is 0 Å². The number of hydrogen-bond acceptors (Lipinski definition) is 3. The van der Waals surface area contributed by atoms with Gasteiger partial charge in [-0.1, -0.05) is 45.0 Å². The van der Waals surface area contributed by atoms with Gasteiger partial charge in [-0.2, -0.15) is 0 Å². The summed E-state index contributed by atoms with van der Waals surface area (Å²) in [4.78, 5) is 26.7. The van der Waals surface area contributed by atoms with E-state index in [1.165, 1.54) is 18.4 Å². The van der Waals surface area contributed by atoms with Crippen LogP contribution in [0.5, 0.6) is 0 Å². The number of benzene rings is 1. The average molecular weight is 344 g/mol. The van der Waals surface area contributed by atoms with E-state index in [0.717, 1.165) is 13.1 Å². The van der Waals surface area contributed by atoms with E-state index in [2.05, 4.69) is 37.9 Å². The zero-order valence-electron chi connectivity index (χ0n) is 16.1. The number of carbonyl (C=O) groups is 2. The van der Waals surface area contributed by atoms with Crippen molar-refractivity contribution in [2.75, 3.05) is 19.6 Å². The lowest BCUT2D eigenvalue weighted by Crippen LogP contribution is -2.40. The number of nitrogens with zero attached hydrogens (tertiary/aromatic N) is 1. The quantitative estimate of drug-likeness (QED) is 0.770. The van der Waals surface area contributed by atoms with Crippen molar-refractivity contribution in [1.82, 2.24) is 10.2 Å². The van der Waals surface area contributed by atoms with Crippen LogP contribution in [-0.4, -0.2) is 42.3 Å². The van der Waals surface area contributed by atoms with E-state index in [1.807, 2.05) is 24.3 Å². The lowest BCUT2D eigenvalue weighted by Gasteiger charge is -2.23. The molecule has 1 amide bonds. The van der Waals surface area contributed by atoms with Gasteiger partial charge in [0.05, 0.1) is 0 Å². The first-order valence-electron chi connectivity index (χ1n) is 9.42. The minimum atomic E-state index is -0.0364. The molecule has 2 rings (SSSR count). The summed E-state index contributed by atoms with van der Waals surface area (Å²) >= 11 is 0. The topological polar surface area (TPSA) is 49.4 Å². The van der Waals surface area contributed by atoms with Crippen molar-refractivity contribution < 1.29 is 9.59 Å². The number of Topliss-reactive ketones (excluding diaryl/α,β-unsaturated/α-hetero) is 1. The van der Waals surface area contributed by atoms with Gasteiger partial charge in [0.2, 0.25) is 5.91 Å². The lowest BCUT2D eigenvalue weighted by atomic mass is 9.86. The maximum Gasteiger partial charge on any atom is 0.220 e. The third kappa shape index (κ3) is 5.96. The molecule has 0 spiro atoms.